The zero-order valence-corrected chi connectivity index (χ0v) is 19.9. The number of benzene rings is 1. The highest BCUT2D eigenvalue weighted by Gasteiger charge is 2.41. The molecule has 2 fully saturated rings. The topological polar surface area (TPSA) is 126 Å². The van der Waals surface area contributed by atoms with E-state index in [1.54, 1.807) is 24.3 Å². The smallest absolute Gasteiger partial charge is 0.358 e. The van der Waals surface area contributed by atoms with Crippen LogP contribution in [-0.2, 0) is 16.1 Å². The number of aromatic carboxylic acids is 1. The van der Waals surface area contributed by atoms with Gasteiger partial charge in [0, 0.05) is 36.2 Å². The Morgan fingerprint density at radius 2 is 1.91 bits per heavy atom. The summed E-state index contributed by atoms with van der Waals surface area (Å²) >= 11 is 4.66. The van der Waals surface area contributed by atoms with E-state index >= 15 is 0 Å². The van der Waals surface area contributed by atoms with Crippen LogP contribution in [0.2, 0.25) is 0 Å². The first kappa shape index (κ1) is 25.1. The highest BCUT2D eigenvalue weighted by atomic mass is 32.1. The van der Waals surface area contributed by atoms with E-state index in [2.05, 4.69) is 22.8 Å². The summed E-state index contributed by atoms with van der Waals surface area (Å²) in [4.78, 5) is 38.8. The summed E-state index contributed by atoms with van der Waals surface area (Å²) in [5.74, 6) is -2.70. The third-order valence-electron chi connectivity index (χ3n) is 6.27. The van der Waals surface area contributed by atoms with E-state index in [1.165, 1.54) is 10.9 Å². The van der Waals surface area contributed by atoms with E-state index in [9.17, 15) is 23.9 Å². The lowest BCUT2D eigenvalue weighted by molar-refractivity contribution is -0.137. The molecule has 11 heteroatoms. The van der Waals surface area contributed by atoms with Crippen LogP contribution < -0.4 is 0 Å². The highest BCUT2D eigenvalue weighted by molar-refractivity contribution is 7.81. The largest absolute Gasteiger partial charge is 0.481 e. The summed E-state index contributed by atoms with van der Waals surface area (Å²) in [6, 6.07) is 5.58. The van der Waals surface area contributed by atoms with Crippen molar-refractivity contribution in [1.82, 2.24) is 19.9 Å². The van der Waals surface area contributed by atoms with Gasteiger partial charge in [-0.2, -0.15) is 22.5 Å². The normalized spacial score (nSPS) is 20.6. The Hall–Kier alpha value is -3.05. The standard InChI is InChI=1S/C24H27FN4O5S/c25-17-5-2-1-4-16(17)22(23(32)14-7-8-14)28-11-9-19(35)15(13-28)12-18-21(24(33)34)27-29(26-18)10-3-6-20(30)31/h1-2,4-5,12,14,19,22,35H,3,6-11,13H2,(H,30,31)(H,33,34). The van der Waals surface area contributed by atoms with E-state index < -0.39 is 23.8 Å². The van der Waals surface area contributed by atoms with Gasteiger partial charge in [-0.25, -0.2) is 9.18 Å². The number of hydrogen-bond donors (Lipinski definition) is 3. The molecule has 0 bridgehead atoms. The molecule has 9 nitrogen and oxygen atoms in total. The third kappa shape index (κ3) is 5.96. The molecule has 35 heavy (non-hydrogen) atoms. The monoisotopic (exact) mass is 502 g/mol. The van der Waals surface area contributed by atoms with E-state index in [4.69, 9.17) is 5.11 Å². The number of hydrogen-bond acceptors (Lipinski definition) is 7. The summed E-state index contributed by atoms with van der Waals surface area (Å²) < 4.78 is 14.7. The molecule has 2 atom stereocenters. The fourth-order valence-corrected chi connectivity index (χ4v) is 4.60. The van der Waals surface area contributed by atoms with E-state index in [1.807, 2.05) is 4.90 Å². The number of carboxylic acid groups (broad SMARTS) is 2. The minimum absolute atomic E-state index is 0.00247. The molecular weight excluding hydrogens is 475 g/mol. The summed E-state index contributed by atoms with van der Waals surface area (Å²) in [7, 11) is 0. The number of halogens is 1. The van der Waals surface area contributed by atoms with Crippen molar-refractivity contribution in [2.45, 2.75) is 49.9 Å². The second kappa shape index (κ2) is 10.7. The van der Waals surface area contributed by atoms with Crippen molar-refractivity contribution in [1.29, 1.82) is 0 Å². The molecule has 0 spiro atoms. The Balaban J connectivity index is 1.62. The van der Waals surface area contributed by atoms with Crippen molar-refractivity contribution in [3.8, 4) is 0 Å². The maximum atomic E-state index is 14.7. The number of aromatic nitrogens is 3. The first-order valence-electron chi connectivity index (χ1n) is 11.6. The summed E-state index contributed by atoms with van der Waals surface area (Å²) in [6.07, 6.45) is 4.00. The number of Topliss-reactive ketones (excluding diaryl/α,β-unsaturated/α-hetero) is 1. The zero-order valence-electron chi connectivity index (χ0n) is 19.0. The number of ketones is 1. The lowest BCUT2D eigenvalue weighted by Gasteiger charge is -2.37. The predicted molar refractivity (Wildman–Crippen MR) is 128 cm³/mol. The average molecular weight is 503 g/mol. The molecule has 2 aliphatic rings. The van der Waals surface area contributed by atoms with Gasteiger partial charge in [-0.05, 0) is 43.4 Å². The van der Waals surface area contributed by atoms with Crippen LogP contribution >= 0.6 is 12.6 Å². The van der Waals surface area contributed by atoms with Crippen LogP contribution in [0.25, 0.3) is 6.08 Å². The number of carbonyl (C=O) groups excluding carboxylic acids is 1. The zero-order chi connectivity index (χ0) is 25.1. The second-order valence-electron chi connectivity index (χ2n) is 8.93. The van der Waals surface area contributed by atoms with Gasteiger partial charge in [-0.3, -0.25) is 14.5 Å². The molecule has 2 N–H and O–H groups in total. The summed E-state index contributed by atoms with van der Waals surface area (Å²) in [5.41, 5.74) is 0.992. The lowest BCUT2D eigenvalue weighted by Crippen LogP contribution is -2.42. The van der Waals surface area contributed by atoms with Crippen molar-refractivity contribution in [2.24, 2.45) is 5.92 Å². The highest BCUT2D eigenvalue weighted by Crippen LogP contribution is 2.39. The Kier molecular flexibility index (Phi) is 7.66. The molecule has 1 aromatic heterocycles. The number of nitrogens with zero attached hydrogens (tertiary/aromatic N) is 4. The quantitative estimate of drug-likeness (QED) is 0.423. The number of carboxylic acids is 2. The fourth-order valence-electron chi connectivity index (χ4n) is 4.33. The van der Waals surface area contributed by atoms with Gasteiger partial charge in [0.1, 0.15) is 11.5 Å². The van der Waals surface area contributed by atoms with E-state index in [-0.39, 0.29) is 47.7 Å². The lowest BCUT2D eigenvalue weighted by atomic mass is 9.93. The molecule has 4 rings (SSSR count). The maximum Gasteiger partial charge on any atom is 0.358 e. The molecular formula is C24H27FN4O5S. The van der Waals surface area contributed by atoms with Gasteiger partial charge < -0.3 is 10.2 Å². The van der Waals surface area contributed by atoms with Crippen LogP contribution in [0, 0.1) is 11.7 Å². The number of rotatable bonds is 10. The molecule has 1 saturated carbocycles. The minimum atomic E-state index is -1.25. The molecule has 0 radical (unpaired) electrons. The molecule has 1 aliphatic carbocycles. The van der Waals surface area contributed by atoms with E-state index in [0.29, 0.717) is 25.1 Å². The Morgan fingerprint density at radius 1 is 1.17 bits per heavy atom. The van der Waals surface area contributed by atoms with Gasteiger partial charge in [-0.1, -0.05) is 18.2 Å². The van der Waals surface area contributed by atoms with Crippen LogP contribution in [0.15, 0.2) is 29.8 Å². The van der Waals surface area contributed by atoms with Crippen molar-refractivity contribution >= 4 is 36.4 Å². The second-order valence-corrected chi connectivity index (χ2v) is 9.55. The molecule has 1 aliphatic heterocycles. The Bertz CT molecular complexity index is 1160. The van der Waals surface area contributed by atoms with Gasteiger partial charge >= 0.3 is 11.9 Å². The van der Waals surface area contributed by atoms with Crippen LogP contribution in [0.3, 0.4) is 0 Å². The van der Waals surface area contributed by atoms with Gasteiger partial charge in [0.05, 0.1) is 12.6 Å². The molecule has 2 unspecified atom stereocenters. The third-order valence-corrected chi connectivity index (χ3v) is 6.86. The van der Waals surface area contributed by atoms with Gasteiger partial charge in [0.15, 0.2) is 11.5 Å². The number of aryl methyl sites for hydroxylation is 1. The van der Waals surface area contributed by atoms with Crippen molar-refractivity contribution in [3.63, 3.8) is 0 Å². The van der Waals surface area contributed by atoms with Crippen LogP contribution in [0.5, 0.6) is 0 Å². The fraction of sp³-hybridized carbons (Fsp3) is 0.458. The molecule has 2 aromatic rings. The number of piperidine rings is 1. The Labute approximate surface area is 207 Å². The SMILES string of the molecule is O=C(O)CCCn1nc(C=C2CN(C(C(=O)C3CC3)c3ccccc3F)CCC2S)c(C(=O)O)n1. The van der Waals surface area contributed by atoms with Crippen LogP contribution in [0.1, 0.15) is 59.9 Å². The number of likely N-dealkylation sites (tertiary alicyclic amines) is 1. The first-order chi connectivity index (χ1) is 16.7. The Morgan fingerprint density at radius 3 is 2.57 bits per heavy atom. The molecule has 186 valence electrons. The van der Waals surface area contributed by atoms with Gasteiger partial charge in [0.25, 0.3) is 0 Å². The average Bonchev–Trinajstić information content (AvgIpc) is 3.58. The van der Waals surface area contributed by atoms with Crippen molar-refractivity contribution < 1.29 is 29.0 Å². The molecule has 2 heterocycles. The summed E-state index contributed by atoms with van der Waals surface area (Å²) in [6.45, 7) is 1.00. The van der Waals surface area contributed by atoms with Gasteiger partial charge in [0.2, 0.25) is 0 Å². The molecule has 1 saturated heterocycles. The number of thiol groups is 1. The van der Waals surface area contributed by atoms with Crippen molar-refractivity contribution in [3.05, 3.63) is 52.6 Å². The summed E-state index contributed by atoms with van der Waals surface area (Å²) in [5, 5.41) is 26.5. The van der Waals surface area contributed by atoms with Crippen molar-refractivity contribution in [2.75, 3.05) is 13.1 Å². The number of carbonyl (C=O) groups is 3. The first-order valence-corrected chi connectivity index (χ1v) is 12.1. The number of aliphatic carboxylic acids is 1. The van der Waals surface area contributed by atoms with Crippen LogP contribution in [0.4, 0.5) is 4.39 Å². The molecule has 0 amide bonds. The van der Waals surface area contributed by atoms with E-state index in [0.717, 1.165) is 18.4 Å². The van der Waals surface area contributed by atoms with Crippen LogP contribution in [-0.4, -0.2) is 66.2 Å². The van der Waals surface area contributed by atoms with Gasteiger partial charge in [-0.15, -0.1) is 5.10 Å². The maximum absolute atomic E-state index is 14.7. The minimum Gasteiger partial charge on any atom is -0.481 e. The molecule has 1 aromatic carbocycles. The predicted octanol–water partition coefficient (Wildman–Crippen LogP) is 3.09.